The second-order valence-corrected chi connectivity index (χ2v) is 7.07. The number of rotatable bonds is 6. The van der Waals surface area contributed by atoms with Crippen molar-refractivity contribution in [2.75, 3.05) is 26.2 Å². The van der Waals surface area contributed by atoms with Crippen LogP contribution in [0.3, 0.4) is 0 Å². The SMILES string of the molecule is CCNCC1(CNCC)c2c(C)cccc2-c2ccc(C)c(C)c21. The molecule has 0 atom stereocenters. The second-order valence-electron chi connectivity index (χ2n) is 7.07. The maximum atomic E-state index is 3.66. The van der Waals surface area contributed by atoms with E-state index in [1.165, 1.54) is 38.9 Å². The van der Waals surface area contributed by atoms with Gasteiger partial charge in [-0.2, -0.15) is 0 Å². The third-order valence-electron chi connectivity index (χ3n) is 5.61. The maximum absolute atomic E-state index is 3.66. The second kappa shape index (κ2) is 6.70. The Morgan fingerprint density at radius 3 is 2.00 bits per heavy atom. The summed E-state index contributed by atoms with van der Waals surface area (Å²) in [4.78, 5) is 0. The molecular weight excluding hydrogens is 292 g/mol. The van der Waals surface area contributed by atoms with Gasteiger partial charge < -0.3 is 10.6 Å². The molecule has 2 heteroatoms. The van der Waals surface area contributed by atoms with E-state index < -0.39 is 0 Å². The first-order valence-electron chi connectivity index (χ1n) is 9.19. The Morgan fingerprint density at radius 1 is 0.750 bits per heavy atom. The van der Waals surface area contributed by atoms with Crippen LogP contribution in [0.25, 0.3) is 11.1 Å². The van der Waals surface area contributed by atoms with Crippen molar-refractivity contribution in [3.8, 4) is 11.1 Å². The topological polar surface area (TPSA) is 24.1 Å². The summed E-state index contributed by atoms with van der Waals surface area (Å²) < 4.78 is 0. The first-order chi connectivity index (χ1) is 11.6. The summed E-state index contributed by atoms with van der Waals surface area (Å²) in [5, 5.41) is 7.31. The first kappa shape index (κ1) is 17.2. The highest BCUT2D eigenvalue weighted by molar-refractivity contribution is 5.84. The van der Waals surface area contributed by atoms with Gasteiger partial charge in [-0.15, -0.1) is 0 Å². The van der Waals surface area contributed by atoms with Crippen molar-refractivity contribution < 1.29 is 0 Å². The van der Waals surface area contributed by atoms with Gasteiger partial charge in [-0.3, -0.25) is 0 Å². The van der Waals surface area contributed by atoms with Crippen molar-refractivity contribution in [3.63, 3.8) is 0 Å². The quantitative estimate of drug-likeness (QED) is 0.837. The Hall–Kier alpha value is -1.64. The Balaban J connectivity index is 2.32. The predicted octanol–water partition coefficient (Wildman–Crippen LogP) is 4.10. The molecule has 0 radical (unpaired) electrons. The fraction of sp³-hybridized carbons (Fsp3) is 0.455. The third-order valence-corrected chi connectivity index (χ3v) is 5.61. The molecular formula is C22H30N2. The van der Waals surface area contributed by atoms with Crippen LogP contribution in [-0.2, 0) is 5.41 Å². The molecule has 0 bridgehead atoms. The van der Waals surface area contributed by atoms with E-state index in [4.69, 9.17) is 0 Å². The van der Waals surface area contributed by atoms with E-state index in [-0.39, 0.29) is 5.41 Å². The average molecular weight is 322 g/mol. The summed E-state index contributed by atoms with van der Waals surface area (Å²) in [5.74, 6) is 0. The smallest absolute Gasteiger partial charge is 0.0469 e. The number of likely N-dealkylation sites (N-methyl/N-ethyl adjacent to an activating group) is 2. The molecule has 0 unspecified atom stereocenters. The van der Waals surface area contributed by atoms with Gasteiger partial charge in [0.1, 0.15) is 0 Å². The van der Waals surface area contributed by atoms with Gasteiger partial charge >= 0.3 is 0 Å². The minimum atomic E-state index is 0.0120. The van der Waals surface area contributed by atoms with Crippen molar-refractivity contribution in [1.29, 1.82) is 0 Å². The standard InChI is InChI=1S/C22H30N2/c1-6-23-13-22(14-24-7-2)20-16(4)9-8-10-18(20)19-12-11-15(3)17(5)21(19)22/h8-12,23-24H,6-7,13-14H2,1-5H3. The number of benzene rings is 2. The van der Waals surface area contributed by atoms with Gasteiger partial charge in [0, 0.05) is 18.5 Å². The summed E-state index contributed by atoms with van der Waals surface area (Å²) in [6.07, 6.45) is 0. The van der Waals surface area contributed by atoms with Crippen molar-refractivity contribution in [1.82, 2.24) is 10.6 Å². The highest BCUT2D eigenvalue weighted by atomic mass is 14.9. The Bertz CT molecular complexity index is 738. The molecule has 2 N–H and O–H groups in total. The van der Waals surface area contributed by atoms with Gasteiger partial charge in [-0.1, -0.05) is 44.2 Å². The molecule has 0 saturated heterocycles. The molecule has 1 aliphatic carbocycles. The highest BCUT2D eigenvalue weighted by Gasteiger charge is 2.44. The van der Waals surface area contributed by atoms with Gasteiger partial charge in [0.2, 0.25) is 0 Å². The van der Waals surface area contributed by atoms with Crippen molar-refractivity contribution in [2.45, 2.75) is 40.0 Å². The summed E-state index contributed by atoms with van der Waals surface area (Å²) in [6.45, 7) is 15.1. The molecule has 24 heavy (non-hydrogen) atoms. The van der Waals surface area contributed by atoms with Crippen molar-refractivity contribution in [2.24, 2.45) is 0 Å². The average Bonchev–Trinajstić information content (AvgIpc) is 2.87. The number of nitrogens with one attached hydrogen (secondary N) is 2. The van der Waals surface area contributed by atoms with Crippen molar-refractivity contribution in [3.05, 3.63) is 58.1 Å². The lowest BCUT2D eigenvalue weighted by molar-refractivity contribution is 0.445. The molecule has 0 spiro atoms. The van der Waals surface area contributed by atoms with Crippen LogP contribution in [0, 0.1) is 20.8 Å². The van der Waals surface area contributed by atoms with E-state index in [0.717, 1.165) is 26.2 Å². The number of fused-ring (bicyclic) bond motifs is 3. The van der Waals surface area contributed by atoms with Gasteiger partial charge in [0.25, 0.3) is 0 Å². The van der Waals surface area contributed by atoms with Crippen LogP contribution in [0.2, 0.25) is 0 Å². The van der Waals surface area contributed by atoms with Crippen LogP contribution < -0.4 is 10.6 Å². The lowest BCUT2D eigenvalue weighted by Crippen LogP contribution is -2.46. The normalized spacial score (nSPS) is 14.5. The molecule has 0 aliphatic heterocycles. The van der Waals surface area contributed by atoms with Gasteiger partial charge in [-0.05, 0) is 72.8 Å². The summed E-state index contributed by atoms with van der Waals surface area (Å²) in [7, 11) is 0. The number of aryl methyl sites for hydroxylation is 2. The van der Waals surface area contributed by atoms with E-state index in [1.54, 1.807) is 0 Å². The lowest BCUT2D eigenvalue weighted by Gasteiger charge is -2.35. The van der Waals surface area contributed by atoms with Crippen molar-refractivity contribution >= 4 is 0 Å². The van der Waals surface area contributed by atoms with E-state index in [0.29, 0.717) is 0 Å². The van der Waals surface area contributed by atoms with Crippen LogP contribution in [-0.4, -0.2) is 26.2 Å². The monoisotopic (exact) mass is 322 g/mol. The number of hydrogen-bond donors (Lipinski definition) is 2. The molecule has 0 amide bonds. The first-order valence-corrected chi connectivity index (χ1v) is 9.19. The highest BCUT2D eigenvalue weighted by Crippen LogP contribution is 2.51. The van der Waals surface area contributed by atoms with Crippen LogP contribution in [0.4, 0.5) is 0 Å². The van der Waals surface area contributed by atoms with Crippen LogP contribution in [0.5, 0.6) is 0 Å². The molecule has 1 aliphatic rings. The van der Waals surface area contributed by atoms with Gasteiger partial charge in [0.15, 0.2) is 0 Å². The zero-order chi connectivity index (χ0) is 17.3. The summed E-state index contributed by atoms with van der Waals surface area (Å²) in [6, 6.07) is 11.4. The number of hydrogen-bond acceptors (Lipinski definition) is 2. The fourth-order valence-electron chi connectivity index (χ4n) is 4.40. The Labute approximate surface area is 146 Å². The Morgan fingerprint density at radius 2 is 1.38 bits per heavy atom. The zero-order valence-corrected chi connectivity index (χ0v) is 15.7. The van der Waals surface area contributed by atoms with Crippen LogP contribution >= 0.6 is 0 Å². The molecule has 2 aromatic rings. The maximum Gasteiger partial charge on any atom is 0.0469 e. The lowest BCUT2D eigenvalue weighted by atomic mass is 9.74. The molecule has 2 nitrogen and oxygen atoms in total. The van der Waals surface area contributed by atoms with E-state index in [1.807, 2.05) is 0 Å². The molecule has 128 valence electrons. The summed E-state index contributed by atoms with van der Waals surface area (Å²) in [5.41, 5.74) is 10.1. The molecule has 0 fully saturated rings. The van der Waals surface area contributed by atoms with E-state index >= 15 is 0 Å². The molecule has 0 aromatic heterocycles. The van der Waals surface area contributed by atoms with Crippen LogP contribution in [0.1, 0.15) is 41.7 Å². The molecule has 0 heterocycles. The Kier molecular flexibility index (Phi) is 4.80. The summed E-state index contributed by atoms with van der Waals surface area (Å²) >= 11 is 0. The predicted molar refractivity (Wildman–Crippen MR) is 104 cm³/mol. The molecule has 0 saturated carbocycles. The largest absolute Gasteiger partial charge is 0.316 e. The molecule has 3 rings (SSSR count). The minimum absolute atomic E-state index is 0.0120. The van der Waals surface area contributed by atoms with Crippen LogP contribution in [0.15, 0.2) is 30.3 Å². The zero-order valence-electron chi connectivity index (χ0n) is 15.7. The third kappa shape index (κ3) is 2.49. The van der Waals surface area contributed by atoms with Gasteiger partial charge in [0.05, 0.1) is 0 Å². The van der Waals surface area contributed by atoms with Gasteiger partial charge in [-0.25, -0.2) is 0 Å². The minimum Gasteiger partial charge on any atom is -0.316 e. The molecule has 2 aromatic carbocycles. The fourth-order valence-corrected chi connectivity index (χ4v) is 4.40. The van der Waals surface area contributed by atoms with E-state index in [2.05, 4.69) is 75.6 Å². The van der Waals surface area contributed by atoms with E-state index in [9.17, 15) is 0 Å².